The number of alkyl halides is 3. The highest BCUT2D eigenvalue weighted by Crippen LogP contribution is 2.41. The van der Waals surface area contributed by atoms with Crippen LogP contribution in [0.25, 0.3) is 0 Å². The fraction of sp³-hybridized carbons (Fsp3) is 0.333. The molecule has 1 aliphatic heterocycles. The molecule has 0 unspecified atom stereocenters. The zero-order chi connectivity index (χ0) is 19.6. The second kappa shape index (κ2) is 8.14. The molecule has 0 saturated carbocycles. The highest BCUT2D eigenvalue weighted by molar-refractivity contribution is 6.35. The summed E-state index contributed by atoms with van der Waals surface area (Å²) < 4.78 is 41.1. The van der Waals surface area contributed by atoms with E-state index in [1.54, 1.807) is 0 Å². The average Bonchev–Trinajstić information content (AvgIpc) is 2.58. The van der Waals surface area contributed by atoms with Crippen LogP contribution >= 0.6 is 23.2 Å². The van der Waals surface area contributed by atoms with Gasteiger partial charge in [0.25, 0.3) is 0 Å². The van der Waals surface area contributed by atoms with Crippen LogP contribution in [0, 0.1) is 0 Å². The highest BCUT2D eigenvalue weighted by Gasteiger charge is 2.32. The number of nitrogens with zero attached hydrogens (tertiary/aromatic N) is 1. The van der Waals surface area contributed by atoms with Crippen molar-refractivity contribution in [3.8, 4) is 11.5 Å². The van der Waals surface area contributed by atoms with Crippen LogP contribution in [0.3, 0.4) is 0 Å². The lowest BCUT2D eigenvalue weighted by molar-refractivity contribution is -0.274. The third-order valence-corrected chi connectivity index (χ3v) is 4.82. The van der Waals surface area contributed by atoms with E-state index >= 15 is 0 Å². The van der Waals surface area contributed by atoms with E-state index in [0.717, 1.165) is 13.1 Å². The van der Waals surface area contributed by atoms with E-state index < -0.39 is 12.4 Å². The van der Waals surface area contributed by atoms with Crippen molar-refractivity contribution in [1.82, 2.24) is 10.2 Å². The first-order valence-corrected chi connectivity index (χ1v) is 8.98. The van der Waals surface area contributed by atoms with Crippen LogP contribution in [-0.2, 0) is 0 Å². The van der Waals surface area contributed by atoms with Gasteiger partial charge in [-0.3, -0.25) is 4.90 Å². The summed E-state index contributed by atoms with van der Waals surface area (Å²) >= 11 is 12.3. The maximum absolute atomic E-state index is 12.4. The highest BCUT2D eigenvalue weighted by atomic mass is 35.5. The third kappa shape index (κ3) is 4.99. The lowest BCUT2D eigenvalue weighted by atomic mass is 9.95. The number of piperazine rings is 1. The molecule has 146 valence electrons. The van der Waals surface area contributed by atoms with Gasteiger partial charge in [0.2, 0.25) is 0 Å². The van der Waals surface area contributed by atoms with E-state index in [0.29, 0.717) is 34.3 Å². The zero-order valence-corrected chi connectivity index (χ0v) is 15.6. The van der Waals surface area contributed by atoms with Crippen LogP contribution in [0.4, 0.5) is 13.2 Å². The number of benzene rings is 2. The second-order valence-electron chi connectivity index (χ2n) is 6.13. The van der Waals surface area contributed by atoms with E-state index in [-0.39, 0.29) is 11.5 Å². The third-order valence-electron chi connectivity index (χ3n) is 4.29. The molecule has 1 heterocycles. The molecule has 1 aliphatic rings. The molecule has 1 saturated heterocycles. The SMILES string of the molecule is Oc1cc(Cl)cc(Cl)c1[C@@H](c1ccc(OC(F)(F)F)cc1)N1CCNCC1. The number of phenols is 1. The van der Waals surface area contributed by atoms with Gasteiger partial charge in [-0.1, -0.05) is 35.3 Å². The number of halogens is 5. The molecule has 3 rings (SSSR count). The van der Waals surface area contributed by atoms with Gasteiger partial charge in [0.15, 0.2) is 0 Å². The summed E-state index contributed by atoms with van der Waals surface area (Å²) in [7, 11) is 0. The molecule has 1 atom stereocenters. The predicted octanol–water partition coefficient (Wildman–Crippen LogP) is 4.59. The number of ether oxygens (including phenoxy) is 1. The van der Waals surface area contributed by atoms with Gasteiger partial charge < -0.3 is 15.2 Å². The summed E-state index contributed by atoms with van der Waals surface area (Å²) in [5, 5.41) is 14.3. The molecule has 27 heavy (non-hydrogen) atoms. The Morgan fingerprint density at radius 1 is 1.07 bits per heavy atom. The van der Waals surface area contributed by atoms with E-state index in [9.17, 15) is 18.3 Å². The minimum absolute atomic E-state index is 0.0633. The summed E-state index contributed by atoms with van der Waals surface area (Å²) in [6.07, 6.45) is -4.75. The van der Waals surface area contributed by atoms with Gasteiger partial charge in [-0.15, -0.1) is 13.2 Å². The molecule has 0 spiro atoms. The number of nitrogens with one attached hydrogen (secondary N) is 1. The van der Waals surface area contributed by atoms with Gasteiger partial charge in [0.05, 0.1) is 11.1 Å². The Morgan fingerprint density at radius 2 is 1.70 bits per heavy atom. The predicted molar refractivity (Wildman–Crippen MR) is 97.5 cm³/mol. The molecule has 0 amide bonds. The molecule has 1 fully saturated rings. The maximum Gasteiger partial charge on any atom is 0.573 e. The van der Waals surface area contributed by atoms with Gasteiger partial charge in [-0.05, 0) is 29.8 Å². The first-order chi connectivity index (χ1) is 12.7. The van der Waals surface area contributed by atoms with E-state index in [1.165, 1.54) is 36.4 Å². The van der Waals surface area contributed by atoms with Crippen LogP contribution in [0.1, 0.15) is 17.2 Å². The maximum atomic E-state index is 12.4. The number of phenolic OH excluding ortho intramolecular Hbond substituents is 1. The first kappa shape index (κ1) is 20.1. The summed E-state index contributed by atoms with van der Waals surface area (Å²) in [6.45, 7) is 2.86. The normalized spacial score (nSPS) is 16.9. The Balaban J connectivity index is 2.00. The minimum Gasteiger partial charge on any atom is -0.507 e. The molecule has 2 aromatic carbocycles. The average molecular weight is 421 g/mol. The van der Waals surface area contributed by atoms with Crippen molar-refractivity contribution < 1.29 is 23.0 Å². The van der Waals surface area contributed by atoms with Crippen LogP contribution < -0.4 is 10.1 Å². The van der Waals surface area contributed by atoms with Crippen LogP contribution in [0.5, 0.6) is 11.5 Å². The smallest absolute Gasteiger partial charge is 0.507 e. The quantitative estimate of drug-likeness (QED) is 0.758. The molecule has 0 bridgehead atoms. The Hall–Kier alpha value is -1.67. The molecule has 0 aromatic heterocycles. The number of hydrogen-bond donors (Lipinski definition) is 2. The van der Waals surface area contributed by atoms with Crippen LogP contribution in [0.2, 0.25) is 10.0 Å². The lowest BCUT2D eigenvalue weighted by Crippen LogP contribution is -2.45. The van der Waals surface area contributed by atoms with Gasteiger partial charge >= 0.3 is 6.36 Å². The van der Waals surface area contributed by atoms with Crippen LogP contribution in [0.15, 0.2) is 36.4 Å². The minimum atomic E-state index is -4.75. The van der Waals surface area contributed by atoms with Crippen LogP contribution in [-0.4, -0.2) is 42.5 Å². The van der Waals surface area contributed by atoms with E-state index in [1.807, 2.05) is 0 Å². The molecule has 2 N–H and O–H groups in total. The number of hydrogen-bond acceptors (Lipinski definition) is 4. The molecular weight excluding hydrogens is 404 g/mol. The Kier molecular flexibility index (Phi) is 6.05. The van der Waals surface area contributed by atoms with Crippen molar-refractivity contribution >= 4 is 23.2 Å². The van der Waals surface area contributed by atoms with Gasteiger partial charge in [0, 0.05) is 36.8 Å². The largest absolute Gasteiger partial charge is 0.573 e. The van der Waals surface area contributed by atoms with Crippen molar-refractivity contribution in [2.75, 3.05) is 26.2 Å². The summed E-state index contributed by atoms with van der Waals surface area (Å²) in [4.78, 5) is 2.10. The van der Waals surface area contributed by atoms with E-state index in [4.69, 9.17) is 23.2 Å². The molecular formula is C18H17Cl2F3N2O2. The van der Waals surface area contributed by atoms with Crippen molar-refractivity contribution in [2.24, 2.45) is 0 Å². The van der Waals surface area contributed by atoms with Crippen molar-refractivity contribution in [3.63, 3.8) is 0 Å². The number of aromatic hydroxyl groups is 1. The van der Waals surface area contributed by atoms with Gasteiger partial charge in [-0.25, -0.2) is 0 Å². The molecule has 4 nitrogen and oxygen atoms in total. The standard InChI is InChI=1S/C18H17Cl2F3N2O2/c19-12-9-14(20)16(15(26)10-12)17(25-7-5-24-6-8-25)11-1-3-13(4-2-11)27-18(21,22)23/h1-4,9-10,17,24,26H,5-8H2/t17-/m1/s1. The first-order valence-electron chi connectivity index (χ1n) is 8.23. The number of rotatable bonds is 4. The molecule has 0 radical (unpaired) electrons. The Labute approximate surface area is 164 Å². The molecule has 9 heteroatoms. The summed E-state index contributed by atoms with van der Waals surface area (Å²) in [5.41, 5.74) is 1.15. The van der Waals surface area contributed by atoms with Crippen molar-refractivity contribution in [3.05, 3.63) is 57.6 Å². The van der Waals surface area contributed by atoms with Crippen molar-refractivity contribution in [2.45, 2.75) is 12.4 Å². The monoisotopic (exact) mass is 420 g/mol. The second-order valence-corrected chi connectivity index (χ2v) is 6.97. The van der Waals surface area contributed by atoms with Crippen molar-refractivity contribution in [1.29, 1.82) is 0 Å². The topological polar surface area (TPSA) is 44.7 Å². The Bertz CT molecular complexity index is 771. The van der Waals surface area contributed by atoms with E-state index in [2.05, 4.69) is 15.0 Å². The fourth-order valence-electron chi connectivity index (χ4n) is 3.19. The zero-order valence-electron chi connectivity index (χ0n) is 14.1. The summed E-state index contributed by atoms with van der Waals surface area (Å²) in [5.74, 6) is -0.372. The van der Waals surface area contributed by atoms with Gasteiger partial charge in [0.1, 0.15) is 11.5 Å². The fourth-order valence-corrected chi connectivity index (χ4v) is 3.78. The molecule has 2 aromatic rings. The lowest BCUT2D eigenvalue weighted by Gasteiger charge is -2.36. The summed E-state index contributed by atoms with van der Waals surface area (Å²) in [6, 6.07) is 8.08. The molecule has 0 aliphatic carbocycles. The Morgan fingerprint density at radius 3 is 2.26 bits per heavy atom. The van der Waals surface area contributed by atoms with Gasteiger partial charge in [-0.2, -0.15) is 0 Å².